The van der Waals surface area contributed by atoms with E-state index in [1.54, 1.807) is 18.2 Å². The summed E-state index contributed by atoms with van der Waals surface area (Å²) in [6, 6.07) is 15.2. The number of hydrogen-bond donors (Lipinski definition) is 1. The van der Waals surface area contributed by atoms with E-state index in [4.69, 9.17) is 4.74 Å². The van der Waals surface area contributed by atoms with Gasteiger partial charge in [-0.25, -0.2) is 8.42 Å². The molecule has 1 atom stereocenters. The maximum atomic E-state index is 13.3. The van der Waals surface area contributed by atoms with Gasteiger partial charge in [-0.3, -0.25) is 4.79 Å². The van der Waals surface area contributed by atoms with Crippen LogP contribution in [0.2, 0.25) is 0 Å². The molecule has 1 fully saturated rings. The molecule has 0 aromatic heterocycles. The lowest BCUT2D eigenvalue weighted by Crippen LogP contribution is -2.36. The van der Waals surface area contributed by atoms with Crippen LogP contribution in [-0.2, 0) is 14.8 Å². The molecule has 7 heteroatoms. The van der Waals surface area contributed by atoms with Crippen LogP contribution >= 0.6 is 0 Å². The second kappa shape index (κ2) is 7.25. The van der Waals surface area contributed by atoms with Crippen molar-refractivity contribution in [3.05, 3.63) is 60.2 Å². The van der Waals surface area contributed by atoms with E-state index in [0.29, 0.717) is 0 Å². The number of nitrogens with zero attached hydrogens (tertiary/aromatic N) is 1. The van der Waals surface area contributed by atoms with Crippen LogP contribution in [0.3, 0.4) is 0 Å². The molecule has 2 aromatic carbocycles. The predicted octanol–water partition coefficient (Wildman–Crippen LogP) is 1.95. The van der Waals surface area contributed by atoms with Crippen LogP contribution < -0.4 is 10.1 Å². The fourth-order valence-electron chi connectivity index (χ4n) is 3.02. The number of carbonyl (C=O) groups is 1. The largest absolute Gasteiger partial charge is 0.495 e. The lowest BCUT2D eigenvalue weighted by atomic mass is 10.0. The van der Waals surface area contributed by atoms with Crippen molar-refractivity contribution < 1.29 is 17.9 Å². The first-order valence-corrected chi connectivity index (χ1v) is 9.44. The van der Waals surface area contributed by atoms with Crippen molar-refractivity contribution >= 4 is 15.9 Å². The Bertz CT molecular complexity index is 852. The summed E-state index contributed by atoms with van der Waals surface area (Å²) in [5, 5.41) is 2.75. The molecule has 0 bridgehead atoms. The average Bonchev–Trinajstić information content (AvgIpc) is 2.84. The predicted molar refractivity (Wildman–Crippen MR) is 93.7 cm³/mol. The number of sulfonamides is 1. The number of carbonyl (C=O) groups excluding carboxylic acids is 1. The molecular weight excluding hydrogens is 340 g/mol. The minimum atomic E-state index is -3.83. The Morgan fingerprint density at radius 3 is 2.48 bits per heavy atom. The Balaban J connectivity index is 2.09. The van der Waals surface area contributed by atoms with Gasteiger partial charge in [-0.05, 0) is 17.7 Å². The first-order valence-electron chi connectivity index (χ1n) is 8.00. The highest BCUT2D eigenvalue weighted by atomic mass is 32.2. The van der Waals surface area contributed by atoms with Gasteiger partial charge in [0.25, 0.3) is 0 Å². The molecule has 132 valence electrons. The fraction of sp³-hybridized carbons (Fsp3) is 0.278. The first-order chi connectivity index (χ1) is 12.0. The van der Waals surface area contributed by atoms with Gasteiger partial charge in [-0.1, -0.05) is 42.5 Å². The van der Waals surface area contributed by atoms with E-state index in [1.165, 1.54) is 17.5 Å². The van der Waals surface area contributed by atoms with Crippen LogP contribution in [0.15, 0.2) is 59.5 Å². The van der Waals surface area contributed by atoms with E-state index in [2.05, 4.69) is 5.32 Å². The Morgan fingerprint density at radius 1 is 1.08 bits per heavy atom. The molecule has 1 N–H and O–H groups in total. The molecule has 3 rings (SSSR count). The molecule has 1 aliphatic heterocycles. The second-order valence-electron chi connectivity index (χ2n) is 5.75. The normalized spacial score (nSPS) is 19.1. The van der Waals surface area contributed by atoms with Crippen molar-refractivity contribution in [2.45, 2.75) is 17.4 Å². The Hall–Kier alpha value is -2.38. The number of methoxy groups -OCH3 is 1. The lowest BCUT2D eigenvalue weighted by molar-refractivity contribution is -0.121. The molecule has 25 heavy (non-hydrogen) atoms. The van der Waals surface area contributed by atoms with Crippen LogP contribution in [0.25, 0.3) is 0 Å². The van der Waals surface area contributed by atoms with Crippen molar-refractivity contribution in [1.29, 1.82) is 0 Å². The van der Waals surface area contributed by atoms with Crippen LogP contribution in [0.5, 0.6) is 5.75 Å². The van der Waals surface area contributed by atoms with Crippen LogP contribution in [0.1, 0.15) is 18.0 Å². The molecule has 0 radical (unpaired) electrons. The lowest BCUT2D eigenvalue weighted by Gasteiger charge is -2.29. The number of ether oxygens (including phenoxy) is 1. The number of nitrogens with one attached hydrogen (secondary N) is 1. The number of rotatable bonds is 4. The Kier molecular flexibility index (Phi) is 5.06. The maximum absolute atomic E-state index is 13.3. The van der Waals surface area contributed by atoms with Gasteiger partial charge in [0.1, 0.15) is 10.6 Å². The van der Waals surface area contributed by atoms with Gasteiger partial charge in [-0.15, -0.1) is 0 Å². The van der Waals surface area contributed by atoms with E-state index in [9.17, 15) is 13.2 Å². The number of amides is 1. The third-order valence-electron chi connectivity index (χ3n) is 4.22. The van der Waals surface area contributed by atoms with Gasteiger partial charge in [0.15, 0.2) is 0 Å². The third-order valence-corrected chi connectivity index (χ3v) is 6.17. The zero-order valence-electron chi connectivity index (χ0n) is 13.9. The topological polar surface area (TPSA) is 75.7 Å². The molecular formula is C18H20N2O4S. The molecule has 1 heterocycles. The van der Waals surface area contributed by atoms with Crippen LogP contribution in [-0.4, -0.2) is 38.8 Å². The second-order valence-corrected chi connectivity index (χ2v) is 7.61. The zero-order chi connectivity index (χ0) is 17.9. The zero-order valence-corrected chi connectivity index (χ0v) is 14.7. The van der Waals surface area contributed by atoms with E-state index in [0.717, 1.165) is 5.56 Å². The van der Waals surface area contributed by atoms with Crippen molar-refractivity contribution in [1.82, 2.24) is 9.62 Å². The highest BCUT2D eigenvalue weighted by molar-refractivity contribution is 7.89. The highest BCUT2D eigenvalue weighted by Gasteiger charge is 2.36. The summed E-state index contributed by atoms with van der Waals surface area (Å²) in [6.07, 6.45) is 0.0817. The molecule has 1 amide bonds. The van der Waals surface area contributed by atoms with Gasteiger partial charge in [0.2, 0.25) is 15.9 Å². The molecule has 2 aromatic rings. The van der Waals surface area contributed by atoms with Crippen molar-refractivity contribution in [2.75, 3.05) is 20.2 Å². The minimum absolute atomic E-state index is 0.0817. The summed E-state index contributed by atoms with van der Waals surface area (Å²) < 4.78 is 33.2. The smallest absolute Gasteiger partial charge is 0.247 e. The summed E-state index contributed by atoms with van der Waals surface area (Å²) in [5.74, 6) is 0.129. The molecule has 1 aliphatic rings. The number of hydrogen-bond acceptors (Lipinski definition) is 4. The number of benzene rings is 2. The third kappa shape index (κ3) is 3.52. The van der Waals surface area contributed by atoms with Crippen molar-refractivity contribution in [2.24, 2.45) is 0 Å². The highest BCUT2D eigenvalue weighted by Crippen LogP contribution is 2.34. The first kappa shape index (κ1) is 17.4. The summed E-state index contributed by atoms with van der Waals surface area (Å²) >= 11 is 0. The van der Waals surface area contributed by atoms with Crippen LogP contribution in [0.4, 0.5) is 0 Å². The van der Waals surface area contributed by atoms with Gasteiger partial charge in [-0.2, -0.15) is 4.31 Å². The van der Waals surface area contributed by atoms with Crippen molar-refractivity contribution in [3.8, 4) is 5.75 Å². The molecule has 0 unspecified atom stereocenters. The van der Waals surface area contributed by atoms with Gasteiger partial charge in [0.05, 0.1) is 13.2 Å². The summed E-state index contributed by atoms with van der Waals surface area (Å²) in [4.78, 5) is 12.1. The van der Waals surface area contributed by atoms with Crippen molar-refractivity contribution in [3.63, 3.8) is 0 Å². The molecule has 6 nitrogen and oxygen atoms in total. The van der Waals surface area contributed by atoms with Gasteiger partial charge >= 0.3 is 0 Å². The van der Waals surface area contributed by atoms with E-state index >= 15 is 0 Å². The SMILES string of the molecule is COc1ccccc1S(=O)(=O)N1CCNC(=O)C[C@@H]1c1ccccc1. The molecule has 0 aliphatic carbocycles. The number of para-hydroxylation sites is 1. The minimum Gasteiger partial charge on any atom is -0.495 e. The average molecular weight is 360 g/mol. The summed E-state index contributed by atoms with van der Waals surface area (Å²) in [6.45, 7) is 0.474. The quantitative estimate of drug-likeness (QED) is 0.904. The van der Waals surface area contributed by atoms with E-state index in [-0.39, 0.29) is 36.1 Å². The Labute approximate surface area is 147 Å². The Morgan fingerprint density at radius 2 is 1.76 bits per heavy atom. The van der Waals surface area contributed by atoms with Gasteiger partial charge in [0, 0.05) is 19.5 Å². The molecule has 0 saturated carbocycles. The van der Waals surface area contributed by atoms with E-state index < -0.39 is 16.1 Å². The maximum Gasteiger partial charge on any atom is 0.247 e. The molecule has 0 spiro atoms. The fourth-order valence-corrected chi connectivity index (χ4v) is 4.79. The monoisotopic (exact) mass is 360 g/mol. The standard InChI is InChI=1S/C18H20N2O4S/c1-24-16-9-5-6-10-17(16)25(22,23)20-12-11-19-18(21)13-15(20)14-7-3-2-4-8-14/h2-10,15H,11-13H2,1H3,(H,19,21)/t15-/m1/s1. The summed E-state index contributed by atoms with van der Waals surface area (Å²) in [5.41, 5.74) is 0.790. The van der Waals surface area contributed by atoms with Crippen LogP contribution in [0, 0.1) is 0 Å². The van der Waals surface area contributed by atoms with E-state index in [1.807, 2.05) is 30.3 Å². The summed E-state index contributed by atoms with van der Waals surface area (Å²) in [7, 11) is -2.39. The van der Waals surface area contributed by atoms with Gasteiger partial charge < -0.3 is 10.1 Å². The molecule has 1 saturated heterocycles.